The first kappa shape index (κ1) is 12.7. The zero-order chi connectivity index (χ0) is 13.1. The lowest BCUT2D eigenvalue weighted by molar-refractivity contribution is 0.112. The van der Waals surface area contributed by atoms with Crippen LogP contribution in [-0.4, -0.2) is 18.4 Å². The summed E-state index contributed by atoms with van der Waals surface area (Å²) >= 11 is 3.12. The van der Waals surface area contributed by atoms with Crippen LogP contribution >= 0.6 is 15.9 Å². The van der Waals surface area contributed by atoms with E-state index >= 15 is 0 Å². The molecule has 1 aromatic carbocycles. The highest BCUT2D eigenvalue weighted by Gasteiger charge is 2.12. The Hall–Kier alpha value is -1.75. The van der Waals surface area contributed by atoms with E-state index in [-0.39, 0.29) is 5.88 Å². The van der Waals surface area contributed by atoms with E-state index in [1.807, 2.05) is 0 Å². The largest absolute Gasteiger partial charge is 0.480 e. The summed E-state index contributed by atoms with van der Waals surface area (Å²) in [5.41, 5.74) is 1.09. The van der Waals surface area contributed by atoms with Gasteiger partial charge in [-0.1, -0.05) is 6.07 Å². The molecule has 1 heterocycles. The van der Waals surface area contributed by atoms with Gasteiger partial charge >= 0.3 is 0 Å². The summed E-state index contributed by atoms with van der Waals surface area (Å²) in [4.78, 5) is 14.9. The van der Waals surface area contributed by atoms with Gasteiger partial charge in [-0.25, -0.2) is 9.37 Å². The molecule has 92 valence electrons. The molecule has 0 bridgehead atoms. The van der Waals surface area contributed by atoms with E-state index in [4.69, 9.17) is 4.74 Å². The van der Waals surface area contributed by atoms with E-state index in [0.717, 1.165) is 0 Å². The molecule has 2 rings (SSSR count). The van der Waals surface area contributed by atoms with Crippen molar-refractivity contribution in [3.05, 3.63) is 46.2 Å². The quantitative estimate of drug-likeness (QED) is 0.815. The minimum absolute atomic E-state index is 0.182. The lowest BCUT2D eigenvalue weighted by Gasteiger charge is -2.07. The van der Waals surface area contributed by atoms with Crippen LogP contribution in [0.15, 0.2) is 34.8 Å². The SMILES string of the molecule is COc1nc(-c2cccc(Br)c2F)ccc1C=O. The number of methoxy groups -OCH3 is 1. The molecule has 1 aromatic heterocycles. The summed E-state index contributed by atoms with van der Waals surface area (Å²) in [6.45, 7) is 0. The molecule has 0 spiro atoms. The molecule has 0 amide bonds. The summed E-state index contributed by atoms with van der Waals surface area (Å²) in [6, 6.07) is 8.06. The van der Waals surface area contributed by atoms with E-state index in [0.29, 0.717) is 27.6 Å². The molecule has 0 saturated heterocycles. The number of aromatic nitrogens is 1. The summed E-state index contributed by atoms with van der Waals surface area (Å²) in [6.07, 6.45) is 0.646. The molecular weight excluding hydrogens is 301 g/mol. The smallest absolute Gasteiger partial charge is 0.224 e. The third-order valence-corrected chi connectivity index (χ3v) is 3.05. The van der Waals surface area contributed by atoms with Crippen molar-refractivity contribution < 1.29 is 13.9 Å². The number of benzene rings is 1. The fourth-order valence-electron chi connectivity index (χ4n) is 1.56. The van der Waals surface area contributed by atoms with Gasteiger partial charge in [0.15, 0.2) is 6.29 Å². The zero-order valence-electron chi connectivity index (χ0n) is 9.48. The van der Waals surface area contributed by atoms with Gasteiger partial charge in [0.25, 0.3) is 0 Å². The van der Waals surface area contributed by atoms with Crippen molar-refractivity contribution in [1.82, 2.24) is 4.98 Å². The van der Waals surface area contributed by atoms with Crippen molar-refractivity contribution in [2.24, 2.45) is 0 Å². The number of rotatable bonds is 3. The number of hydrogen-bond donors (Lipinski definition) is 0. The number of carbonyl (C=O) groups is 1. The summed E-state index contributed by atoms with van der Waals surface area (Å²) in [5, 5.41) is 0. The number of hydrogen-bond acceptors (Lipinski definition) is 3. The maximum absolute atomic E-state index is 13.9. The molecule has 0 radical (unpaired) electrons. The van der Waals surface area contributed by atoms with Gasteiger partial charge in [-0.3, -0.25) is 4.79 Å². The highest BCUT2D eigenvalue weighted by Crippen LogP contribution is 2.28. The van der Waals surface area contributed by atoms with Crippen LogP contribution in [0.3, 0.4) is 0 Å². The summed E-state index contributed by atoms with van der Waals surface area (Å²) < 4.78 is 19.3. The Morgan fingerprint density at radius 1 is 1.33 bits per heavy atom. The second kappa shape index (κ2) is 5.27. The van der Waals surface area contributed by atoms with Gasteiger partial charge in [0.2, 0.25) is 5.88 Å². The van der Waals surface area contributed by atoms with Gasteiger partial charge in [-0.05, 0) is 40.2 Å². The zero-order valence-corrected chi connectivity index (χ0v) is 11.1. The Morgan fingerprint density at radius 3 is 2.78 bits per heavy atom. The minimum Gasteiger partial charge on any atom is -0.480 e. The second-order valence-electron chi connectivity index (χ2n) is 3.51. The average molecular weight is 310 g/mol. The first-order valence-corrected chi connectivity index (χ1v) is 5.91. The standard InChI is InChI=1S/C13H9BrFNO2/c1-18-13-8(7-17)5-6-11(16-13)9-3-2-4-10(14)12(9)15/h2-7H,1H3. The Balaban J connectivity index is 2.58. The lowest BCUT2D eigenvalue weighted by Crippen LogP contribution is -1.97. The van der Waals surface area contributed by atoms with Crippen LogP contribution in [0.25, 0.3) is 11.3 Å². The van der Waals surface area contributed by atoms with Gasteiger partial charge < -0.3 is 4.74 Å². The Bertz CT molecular complexity index is 602. The van der Waals surface area contributed by atoms with Crippen molar-refractivity contribution in [1.29, 1.82) is 0 Å². The minimum atomic E-state index is -0.397. The first-order valence-electron chi connectivity index (χ1n) is 5.12. The molecule has 0 N–H and O–H groups in total. The Labute approximate surface area is 112 Å². The van der Waals surface area contributed by atoms with Gasteiger partial charge in [0, 0.05) is 5.56 Å². The van der Waals surface area contributed by atoms with Crippen LogP contribution in [0.2, 0.25) is 0 Å². The van der Waals surface area contributed by atoms with Crippen molar-refractivity contribution in [2.45, 2.75) is 0 Å². The van der Waals surface area contributed by atoms with Crippen molar-refractivity contribution in [2.75, 3.05) is 7.11 Å². The second-order valence-corrected chi connectivity index (χ2v) is 4.37. The maximum Gasteiger partial charge on any atom is 0.224 e. The van der Waals surface area contributed by atoms with Crippen molar-refractivity contribution in [3.63, 3.8) is 0 Å². The fraction of sp³-hybridized carbons (Fsp3) is 0.0769. The molecule has 5 heteroatoms. The molecule has 0 aliphatic heterocycles. The molecule has 0 unspecified atom stereocenters. The predicted octanol–water partition coefficient (Wildman–Crippen LogP) is 3.47. The number of pyridine rings is 1. The Morgan fingerprint density at radius 2 is 2.11 bits per heavy atom. The number of aldehydes is 1. The van der Waals surface area contributed by atoms with Crippen molar-refractivity contribution in [3.8, 4) is 17.1 Å². The van der Waals surface area contributed by atoms with Gasteiger partial charge in [0.05, 0.1) is 22.8 Å². The van der Waals surface area contributed by atoms with Crippen LogP contribution in [0.1, 0.15) is 10.4 Å². The average Bonchev–Trinajstić information content (AvgIpc) is 2.41. The van der Waals surface area contributed by atoms with E-state index in [9.17, 15) is 9.18 Å². The summed E-state index contributed by atoms with van der Waals surface area (Å²) in [7, 11) is 1.41. The number of ether oxygens (including phenoxy) is 1. The molecule has 18 heavy (non-hydrogen) atoms. The molecular formula is C13H9BrFNO2. The van der Waals surface area contributed by atoms with Gasteiger partial charge in [-0.15, -0.1) is 0 Å². The number of halogens is 2. The van der Waals surface area contributed by atoms with E-state index in [1.54, 1.807) is 30.3 Å². The fourth-order valence-corrected chi connectivity index (χ4v) is 1.92. The van der Waals surface area contributed by atoms with Crippen LogP contribution in [0.4, 0.5) is 4.39 Å². The summed E-state index contributed by atoms with van der Waals surface area (Å²) in [5.74, 6) is -0.215. The van der Waals surface area contributed by atoms with E-state index in [2.05, 4.69) is 20.9 Å². The van der Waals surface area contributed by atoms with Crippen molar-refractivity contribution >= 4 is 22.2 Å². The van der Waals surface area contributed by atoms with Crippen LogP contribution < -0.4 is 4.74 Å². The van der Waals surface area contributed by atoms with Gasteiger partial charge in [0.1, 0.15) is 5.82 Å². The molecule has 0 atom stereocenters. The predicted molar refractivity (Wildman–Crippen MR) is 69.3 cm³/mol. The highest BCUT2D eigenvalue weighted by molar-refractivity contribution is 9.10. The Kier molecular flexibility index (Phi) is 3.72. The topological polar surface area (TPSA) is 39.2 Å². The monoisotopic (exact) mass is 309 g/mol. The van der Waals surface area contributed by atoms with E-state index < -0.39 is 5.82 Å². The number of nitrogens with zero attached hydrogens (tertiary/aromatic N) is 1. The van der Waals surface area contributed by atoms with E-state index in [1.165, 1.54) is 7.11 Å². The third-order valence-electron chi connectivity index (χ3n) is 2.44. The highest BCUT2D eigenvalue weighted by atomic mass is 79.9. The third kappa shape index (κ3) is 2.26. The lowest BCUT2D eigenvalue weighted by atomic mass is 10.1. The molecule has 0 aliphatic carbocycles. The molecule has 0 aliphatic rings. The normalized spacial score (nSPS) is 10.2. The van der Waals surface area contributed by atoms with Crippen LogP contribution in [0.5, 0.6) is 5.88 Å². The molecule has 0 fully saturated rings. The maximum atomic E-state index is 13.9. The molecule has 2 aromatic rings. The van der Waals surface area contributed by atoms with Crippen LogP contribution in [-0.2, 0) is 0 Å². The van der Waals surface area contributed by atoms with Gasteiger partial charge in [-0.2, -0.15) is 0 Å². The first-order chi connectivity index (χ1) is 8.67. The van der Waals surface area contributed by atoms with Crippen LogP contribution in [0, 0.1) is 5.82 Å². The number of carbonyl (C=O) groups excluding carboxylic acids is 1. The molecule has 3 nitrogen and oxygen atoms in total. The molecule has 0 saturated carbocycles.